The molecule has 2 heterocycles. The lowest BCUT2D eigenvalue weighted by Gasteiger charge is -2.28. The lowest BCUT2D eigenvalue weighted by atomic mass is 10.0. The van der Waals surface area contributed by atoms with Crippen LogP contribution in [0.1, 0.15) is 29.3 Å². The van der Waals surface area contributed by atoms with Crippen molar-refractivity contribution in [3.63, 3.8) is 0 Å². The van der Waals surface area contributed by atoms with Crippen LogP contribution in [-0.2, 0) is 17.3 Å². The average Bonchev–Trinajstić information content (AvgIpc) is 3.34. The van der Waals surface area contributed by atoms with Gasteiger partial charge in [-0.15, -0.1) is 5.10 Å². The zero-order valence-electron chi connectivity index (χ0n) is 20.8. The van der Waals surface area contributed by atoms with Crippen LogP contribution < -0.4 is 10.6 Å². The topological polar surface area (TPSA) is 158 Å². The van der Waals surface area contributed by atoms with Gasteiger partial charge >= 0.3 is 18.0 Å². The molecule has 0 spiro atoms. The van der Waals surface area contributed by atoms with Gasteiger partial charge in [0.15, 0.2) is 11.6 Å². The molecule has 0 radical (unpaired) electrons. The van der Waals surface area contributed by atoms with E-state index in [2.05, 4.69) is 25.8 Å². The second kappa shape index (κ2) is 12.2. The first-order chi connectivity index (χ1) is 19.5. The van der Waals surface area contributed by atoms with Crippen molar-refractivity contribution in [2.75, 3.05) is 11.9 Å². The molecule has 2 amide bonds. The van der Waals surface area contributed by atoms with Crippen molar-refractivity contribution in [1.29, 1.82) is 0 Å². The number of nitrogens with zero attached hydrogens (tertiary/aromatic N) is 6. The van der Waals surface area contributed by atoms with Crippen LogP contribution >= 0.6 is 11.8 Å². The van der Waals surface area contributed by atoms with Crippen molar-refractivity contribution >= 4 is 35.1 Å². The quantitative estimate of drug-likeness (QED) is 0.179. The summed E-state index contributed by atoms with van der Waals surface area (Å²) in [6.45, 7) is 2.07. The summed E-state index contributed by atoms with van der Waals surface area (Å²) in [7, 11) is 0. The van der Waals surface area contributed by atoms with Gasteiger partial charge in [0.1, 0.15) is 0 Å². The van der Waals surface area contributed by atoms with Crippen LogP contribution in [0.15, 0.2) is 40.5 Å². The van der Waals surface area contributed by atoms with Gasteiger partial charge in [-0.25, -0.2) is 14.1 Å². The summed E-state index contributed by atoms with van der Waals surface area (Å²) >= 11 is 0.695. The fourth-order valence-electron chi connectivity index (χ4n) is 3.13. The van der Waals surface area contributed by atoms with Crippen molar-refractivity contribution in [2.24, 2.45) is 0 Å². The molecule has 1 aromatic carbocycles. The minimum Gasteiger partial charge on any atom is -0.356 e. The van der Waals surface area contributed by atoms with Crippen molar-refractivity contribution in [3.05, 3.63) is 57.5 Å². The highest BCUT2D eigenvalue weighted by molar-refractivity contribution is 7.99. The van der Waals surface area contributed by atoms with E-state index in [0.717, 1.165) is 18.2 Å². The third-order valence-electron chi connectivity index (χ3n) is 5.23. The number of tetrazole rings is 1. The molecule has 0 saturated carbocycles. The monoisotopic (exact) mass is 628 g/mol. The maximum atomic E-state index is 14.5. The molecule has 0 saturated heterocycles. The Morgan fingerprint density at radius 3 is 2.40 bits per heavy atom. The number of benzene rings is 1. The van der Waals surface area contributed by atoms with Crippen LogP contribution in [-0.4, -0.2) is 60.6 Å². The van der Waals surface area contributed by atoms with Gasteiger partial charge in [0.25, 0.3) is 11.6 Å². The second-order valence-electron chi connectivity index (χ2n) is 8.08. The van der Waals surface area contributed by atoms with Crippen molar-refractivity contribution in [2.45, 2.75) is 48.0 Å². The number of aryl methyl sites for hydroxylation is 1. The van der Waals surface area contributed by atoms with Crippen molar-refractivity contribution < 1.29 is 49.6 Å². The first-order valence-corrected chi connectivity index (χ1v) is 12.1. The van der Waals surface area contributed by atoms with Gasteiger partial charge in [-0.3, -0.25) is 19.7 Å². The number of nitro benzene ring substituents is 1. The second-order valence-corrected chi connectivity index (χ2v) is 9.09. The number of non-ortho nitro benzene ring substituents is 1. The Hall–Kier alpha value is -4.43. The van der Waals surface area contributed by atoms with Crippen molar-refractivity contribution in [3.8, 4) is 0 Å². The Bertz CT molecular complexity index is 1500. The number of aromatic nitrogens is 5. The fourth-order valence-corrected chi connectivity index (χ4v) is 4.04. The maximum Gasteiger partial charge on any atom is 0.460 e. The Kier molecular flexibility index (Phi) is 9.33. The molecule has 2 aromatic heterocycles. The predicted octanol–water partition coefficient (Wildman–Crippen LogP) is 4.33. The van der Waals surface area contributed by atoms with Crippen LogP contribution in [0.2, 0.25) is 0 Å². The highest BCUT2D eigenvalue weighted by Crippen LogP contribution is 2.51. The Morgan fingerprint density at radius 2 is 1.81 bits per heavy atom. The van der Waals surface area contributed by atoms with E-state index in [1.807, 2.05) is 0 Å². The number of pyridine rings is 1. The van der Waals surface area contributed by atoms with Crippen molar-refractivity contribution in [1.82, 2.24) is 30.5 Å². The number of hydrogen-bond acceptors (Lipinski definition) is 9. The van der Waals surface area contributed by atoms with Gasteiger partial charge in [-0.05, 0) is 41.2 Å². The summed E-state index contributed by atoms with van der Waals surface area (Å²) in [5.41, 5.74) is -3.25. The molecule has 3 rings (SSSR count). The van der Waals surface area contributed by atoms with Gasteiger partial charge in [-0.1, -0.05) is 0 Å². The number of anilines is 1. The Morgan fingerprint density at radius 1 is 1.12 bits per heavy atom. The number of rotatable bonds is 11. The zero-order chi connectivity index (χ0) is 31.5. The molecule has 0 unspecified atom stereocenters. The number of amides is 2. The number of nitro groups is 1. The van der Waals surface area contributed by atoms with E-state index in [4.69, 9.17) is 0 Å². The van der Waals surface area contributed by atoms with Gasteiger partial charge < -0.3 is 10.6 Å². The molecule has 0 fully saturated rings. The summed E-state index contributed by atoms with van der Waals surface area (Å²) in [5.74, 6) is -17.2. The lowest BCUT2D eigenvalue weighted by molar-refractivity contribution is -0.384. The van der Waals surface area contributed by atoms with E-state index in [0.29, 0.717) is 18.3 Å². The predicted molar refractivity (Wildman–Crippen MR) is 125 cm³/mol. The molecule has 12 nitrogen and oxygen atoms in total. The van der Waals surface area contributed by atoms with Crippen LogP contribution in [0.5, 0.6) is 0 Å². The Balaban J connectivity index is 1.90. The molecule has 0 aliphatic rings. The molecule has 0 aliphatic carbocycles. The molecule has 3 aromatic rings. The number of nitrogens with one attached hydrogen (secondary N) is 2. The van der Waals surface area contributed by atoms with E-state index in [1.165, 1.54) is 4.68 Å². The smallest absolute Gasteiger partial charge is 0.356 e. The van der Waals surface area contributed by atoms with E-state index in [9.17, 15) is 54.8 Å². The summed E-state index contributed by atoms with van der Waals surface area (Å²) in [6.07, 6.45) is -6.91. The normalized spacial score (nSPS) is 12.2. The average molecular weight is 628 g/mol. The lowest BCUT2D eigenvalue weighted by Crippen LogP contribution is -2.50. The van der Waals surface area contributed by atoms with Crippen LogP contribution in [0.25, 0.3) is 0 Å². The number of halogens is 8. The number of carbonyl (C=O) groups is 2. The van der Waals surface area contributed by atoms with Gasteiger partial charge in [0.2, 0.25) is 11.1 Å². The van der Waals surface area contributed by atoms with Crippen LogP contribution in [0, 0.1) is 15.9 Å². The number of carbonyl (C=O) groups excluding carboxylic acids is 2. The van der Waals surface area contributed by atoms with Crippen LogP contribution in [0.3, 0.4) is 0 Å². The van der Waals surface area contributed by atoms with E-state index in [-0.39, 0.29) is 41.2 Å². The summed E-state index contributed by atoms with van der Waals surface area (Å²) in [6, 6.07) is 2.49. The molecule has 42 heavy (non-hydrogen) atoms. The number of alkyl halides is 7. The third-order valence-corrected chi connectivity index (χ3v) is 6.28. The minimum absolute atomic E-state index is 0.00479. The highest BCUT2D eigenvalue weighted by atomic mass is 32.2. The standard InChI is InChI=1S/C21H16F8N8O4S/c1-2-30-15(38)5-6-36-18(33-34-35-36)42-14-4-3-11(37(40)41)8-12(14)17(39)32-16-13(22)7-10(9-31-16)19(23,24)20(25,26)21(27,28)29/h3-4,7-9H,2,5-6H2,1H3,(H,30,38)(H,31,32,39). The molecule has 0 aliphatic heterocycles. The van der Waals surface area contributed by atoms with E-state index in [1.54, 1.807) is 12.2 Å². The first kappa shape index (κ1) is 32.1. The molecule has 2 N–H and O–H groups in total. The van der Waals surface area contributed by atoms with Gasteiger partial charge in [0.05, 0.1) is 17.0 Å². The molecule has 0 bridgehead atoms. The summed E-state index contributed by atoms with van der Waals surface area (Å²) in [4.78, 5) is 38.1. The van der Waals surface area contributed by atoms with E-state index < -0.39 is 57.3 Å². The molecular formula is C21H16F8N8O4S. The third kappa shape index (κ3) is 6.71. The Labute approximate surface area is 233 Å². The molecular weight excluding hydrogens is 612 g/mol. The minimum atomic E-state index is -6.68. The number of hydrogen-bond donors (Lipinski definition) is 2. The van der Waals surface area contributed by atoms with Crippen LogP contribution in [0.4, 0.5) is 46.6 Å². The summed E-state index contributed by atoms with van der Waals surface area (Å²) in [5, 5.41) is 26.6. The van der Waals surface area contributed by atoms with Gasteiger partial charge in [-0.2, -0.15) is 30.7 Å². The zero-order valence-corrected chi connectivity index (χ0v) is 21.6. The molecule has 226 valence electrons. The highest BCUT2D eigenvalue weighted by Gasteiger charge is 2.73. The van der Waals surface area contributed by atoms with Gasteiger partial charge in [0, 0.05) is 41.8 Å². The fraction of sp³-hybridized carbons (Fsp3) is 0.333. The summed E-state index contributed by atoms with van der Waals surface area (Å²) < 4.78 is 108. The SMILES string of the molecule is CCNC(=O)CCn1nnnc1Sc1ccc([N+](=O)[O-])cc1C(=O)Nc1ncc(C(F)(F)C(F)(F)C(F)(F)F)cc1F. The largest absolute Gasteiger partial charge is 0.460 e. The van der Waals surface area contributed by atoms with E-state index >= 15 is 0 Å². The molecule has 21 heteroatoms. The maximum absolute atomic E-state index is 14.5. The molecule has 0 atom stereocenters. The first-order valence-electron chi connectivity index (χ1n) is 11.3.